The van der Waals surface area contributed by atoms with Gasteiger partial charge in [0.25, 0.3) is 0 Å². The van der Waals surface area contributed by atoms with Crippen LogP contribution < -0.4 is 21.3 Å². The van der Waals surface area contributed by atoms with Crippen molar-refractivity contribution in [3.63, 3.8) is 0 Å². The Morgan fingerprint density at radius 2 is 2.14 bits per heavy atom. The second-order valence-corrected chi connectivity index (χ2v) is 7.55. The summed E-state index contributed by atoms with van der Waals surface area (Å²) in [5.41, 5.74) is 13.2. The number of nitrogens with zero attached hydrogens (tertiary/aromatic N) is 2. The van der Waals surface area contributed by atoms with Gasteiger partial charge in [0.1, 0.15) is 0 Å². The Balaban J connectivity index is 1.79. The smallest absolute Gasteiger partial charge is 0.226 e. The van der Waals surface area contributed by atoms with Gasteiger partial charge in [0, 0.05) is 50.2 Å². The van der Waals surface area contributed by atoms with Gasteiger partial charge in [-0.1, -0.05) is 19.1 Å². The highest BCUT2D eigenvalue weighted by molar-refractivity contribution is 6.09. The van der Waals surface area contributed by atoms with Gasteiger partial charge < -0.3 is 21.3 Å². The number of carbonyl (C=O) groups is 1. The van der Waals surface area contributed by atoms with E-state index in [0.717, 1.165) is 41.2 Å². The minimum absolute atomic E-state index is 0.0457. The summed E-state index contributed by atoms with van der Waals surface area (Å²) >= 11 is 0. The summed E-state index contributed by atoms with van der Waals surface area (Å²) in [4.78, 5) is 18.4. The molecule has 2 heterocycles. The summed E-state index contributed by atoms with van der Waals surface area (Å²) in [6.07, 6.45) is 4.91. The topological polar surface area (TPSA) is 82.8 Å². The fourth-order valence-electron chi connectivity index (χ4n) is 4.15. The number of carbonyl (C=O) groups excluding carboxylic acids is 1. The average molecular weight is 390 g/mol. The van der Waals surface area contributed by atoms with Gasteiger partial charge in [-0.3, -0.25) is 9.79 Å². The van der Waals surface area contributed by atoms with Crippen LogP contribution >= 0.6 is 0 Å². The predicted octanol–water partition coefficient (Wildman–Crippen LogP) is 4.09. The Morgan fingerprint density at radius 1 is 1.28 bits per heavy atom. The van der Waals surface area contributed by atoms with Gasteiger partial charge in [0.15, 0.2) is 0 Å². The van der Waals surface area contributed by atoms with Crippen LogP contribution in [0.15, 0.2) is 47.6 Å². The zero-order chi connectivity index (χ0) is 20.4. The molecule has 2 aromatic carbocycles. The maximum Gasteiger partial charge on any atom is 0.226 e. The zero-order valence-corrected chi connectivity index (χ0v) is 16.9. The van der Waals surface area contributed by atoms with Crippen molar-refractivity contribution in [3.8, 4) is 0 Å². The number of amides is 1. The first-order valence-corrected chi connectivity index (χ1v) is 10.0. The van der Waals surface area contributed by atoms with Gasteiger partial charge in [-0.2, -0.15) is 0 Å². The molecule has 2 aliphatic rings. The van der Waals surface area contributed by atoms with E-state index in [1.807, 2.05) is 12.1 Å². The number of hydrogen-bond acceptors (Lipinski definition) is 5. The quantitative estimate of drug-likeness (QED) is 0.691. The molecule has 0 unspecified atom stereocenters. The van der Waals surface area contributed by atoms with Crippen molar-refractivity contribution in [2.75, 3.05) is 35.7 Å². The molecule has 0 fully saturated rings. The first kappa shape index (κ1) is 19.1. The van der Waals surface area contributed by atoms with Gasteiger partial charge in [-0.25, -0.2) is 0 Å². The summed E-state index contributed by atoms with van der Waals surface area (Å²) < 4.78 is 0. The molecule has 4 N–H and O–H groups in total. The number of nitrogens with two attached hydrogens (primary N) is 1. The molecule has 29 heavy (non-hydrogen) atoms. The number of para-hydroxylation sites is 1. The summed E-state index contributed by atoms with van der Waals surface area (Å²) in [6.45, 7) is 3.83. The fraction of sp³-hybridized carbons (Fsp3) is 0.304. The van der Waals surface area contributed by atoms with Crippen molar-refractivity contribution in [2.24, 2.45) is 10.7 Å². The molecule has 6 nitrogen and oxygen atoms in total. The van der Waals surface area contributed by atoms with Gasteiger partial charge in [-0.05, 0) is 47.7 Å². The standard InChI is InChI=1S/C23H27N5O/c1-15-9-11-28(20-7-6-16(12-18(15)20)17(13-24)14-25-2)21-5-3-4-19-23(21)26-10-8-22(29)27-19/h3-7,12-15,26H,8-11,24H2,1-2H3,(H,27,29)/t15-/m0/s1. The van der Waals surface area contributed by atoms with Crippen LogP contribution in [-0.4, -0.2) is 32.3 Å². The second kappa shape index (κ2) is 7.99. The van der Waals surface area contributed by atoms with Crippen LogP contribution in [0.25, 0.3) is 5.57 Å². The number of nitrogens with one attached hydrogen (secondary N) is 2. The number of hydrogen-bond donors (Lipinski definition) is 3. The summed E-state index contributed by atoms with van der Waals surface area (Å²) in [5.74, 6) is 0.498. The number of allylic oxidation sites excluding steroid dienone is 1. The van der Waals surface area contributed by atoms with E-state index >= 15 is 0 Å². The van der Waals surface area contributed by atoms with Crippen molar-refractivity contribution in [3.05, 3.63) is 53.7 Å². The molecule has 2 aliphatic heterocycles. The van der Waals surface area contributed by atoms with Crippen molar-refractivity contribution in [2.45, 2.75) is 25.7 Å². The van der Waals surface area contributed by atoms with Gasteiger partial charge in [0.2, 0.25) is 5.91 Å². The first-order chi connectivity index (χ1) is 14.1. The Kier molecular flexibility index (Phi) is 5.25. The summed E-state index contributed by atoms with van der Waals surface area (Å²) in [7, 11) is 1.75. The highest BCUT2D eigenvalue weighted by atomic mass is 16.1. The molecule has 2 aromatic rings. The number of rotatable bonds is 3. The molecular formula is C23H27N5O. The van der Waals surface area contributed by atoms with E-state index in [4.69, 9.17) is 5.73 Å². The molecule has 0 saturated heterocycles. The van der Waals surface area contributed by atoms with E-state index in [-0.39, 0.29) is 5.91 Å². The minimum atomic E-state index is 0.0457. The van der Waals surface area contributed by atoms with Crippen molar-refractivity contribution >= 4 is 40.4 Å². The molecule has 0 aliphatic carbocycles. The van der Waals surface area contributed by atoms with Crippen LogP contribution in [-0.2, 0) is 4.79 Å². The monoisotopic (exact) mass is 389 g/mol. The lowest BCUT2D eigenvalue weighted by molar-refractivity contribution is -0.115. The Bertz CT molecular complexity index is 995. The molecular weight excluding hydrogens is 362 g/mol. The lowest BCUT2D eigenvalue weighted by atomic mass is 9.88. The second-order valence-electron chi connectivity index (χ2n) is 7.55. The van der Waals surface area contributed by atoms with Crippen LogP contribution in [0, 0.1) is 0 Å². The third-order valence-corrected chi connectivity index (χ3v) is 5.68. The van der Waals surface area contributed by atoms with Gasteiger partial charge in [0.05, 0.1) is 17.1 Å². The van der Waals surface area contributed by atoms with E-state index < -0.39 is 0 Å². The molecule has 0 bridgehead atoms. The number of anilines is 4. The Morgan fingerprint density at radius 3 is 2.93 bits per heavy atom. The number of benzene rings is 2. The molecule has 0 aromatic heterocycles. The van der Waals surface area contributed by atoms with E-state index in [1.165, 1.54) is 11.3 Å². The Hall–Kier alpha value is -3.28. The van der Waals surface area contributed by atoms with Crippen molar-refractivity contribution in [1.29, 1.82) is 0 Å². The zero-order valence-electron chi connectivity index (χ0n) is 16.9. The van der Waals surface area contributed by atoms with Gasteiger partial charge in [-0.15, -0.1) is 0 Å². The normalized spacial score (nSPS) is 19.2. The third kappa shape index (κ3) is 3.58. The van der Waals surface area contributed by atoms with E-state index in [1.54, 1.807) is 19.5 Å². The lowest BCUT2D eigenvalue weighted by Gasteiger charge is -2.36. The molecule has 4 rings (SSSR count). The molecule has 1 amide bonds. The fourth-order valence-corrected chi connectivity index (χ4v) is 4.15. The van der Waals surface area contributed by atoms with Gasteiger partial charge >= 0.3 is 0 Å². The molecule has 0 saturated carbocycles. The molecule has 150 valence electrons. The highest BCUT2D eigenvalue weighted by Crippen LogP contribution is 2.44. The average Bonchev–Trinajstić information content (AvgIpc) is 2.93. The van der Waals surface area contributed by atoms with Crippen LogP contribution in [0.3, 0.4) is 0 Å². The van der Waals surface area contributed by atoms with Crippen LogP contribution in [0.5, 0.6) is 0 Å². The molecule has 0 spiro atoms. The number of aliphatic imine (C=N–C) groups is 1. The van der Waals surface area contributed by atoms with E-state index in [2.05, 4.69) is 51.7 Å². The SMILES string of the molecule is CN=CC(=CN)c1ccc2c(c1)[C@@H](C)CCN2c1cccc2c1NCCC(=O)N2. The van der Waals surface area contributed by atoms with E-state index in [0.29, 0.717) is 18.9 Å². The maximum absolute atomic E-state index is 12.0. The van der Waals surface area contributed by atoms with Crippen LogP contribution in [0.2, 0.25) is 0 Å². The van der Waals surface area contributed by atoms with Crippen LogP contribution in [0.4, 0.5) is 22.7 Å². The summed E-state index contributed by atoms with van der Waals surface area (Å²) in [6, 6.07) is 12.6. The van der Waals surface area contributed by atoms with Crippen LogP contribution in [0.1, 0.15) is 36.8 Å². The largest absolute Gasteiger partial charge is 0.404 e. The molecule has 1 atom stereocenters. The Labute approximate surface area is 171 Å². The van der Waals surface area contributed by atoms with E-state index in [9.17, 15) is 4.79 Å². The highest BCUT2D eigenvalue weighted by Gasteiger charge is 2.27. The van der Waals surface area contributed by atoms with Crippen molar-refractivity contribution < 1.29 is 4.79 Å². The molecule has 6 heteroatoms. The third-order valence-electron chi connectivity index (χ3n) is 5.68. The summed E-state index contributed by atoms with van der Waals surface area (Å²) in [5, 5.41) is 6.47. The first-order valence-electron chi connectivity index (χ1n) is 10.0. The van der Waals surface area contributed by atoms with Crippen molar-refractivity contribution in [1.82, 2.24) is 0 Å². The maximum atomic E-state index is 12.0. The molecule has 0 radical (unpaired) electrons. The number of fused-ring (bicyclic) bond motifs is 2. The lowest BCUT2D eigenvalue weighted by Crippen LogP contribution is -2.27. The minimum Gasteiger partial charge on any atom is -0.404 e. The predicted molar refractivity (Wildman–Crippen MR) is 121 cm³/mol.